The van der Waals surface area contributed by atoms with Gasteiger partial charge in [0.15, 0.2) is 5.69 Å². The van der Waals surface area contributed by atoms with Crippen LogP contribution in [0.15, 0.2) is 0 Å². The lowest BCUT2D eigenvalue weighted by atomic mass is 9.89. The van der Waals surface area contributed by atoms with E-state index in [4.69, 9.17) is 0 Å². The van der Waals surface area contributed by atoms with Gasteiger partial charge in [-0.25, -0.2) is 4.68 Å². The lowest BCUT2D eigenvalue weighted by Gasteiger charge is -2.25. The van der Waals surface area contributed by atoms with Crippen molar-refractivity contribution in [3.05, 3.63) is 11.4 Å². The van der Waals surface area contributed by atoms with E-state index in [0.29, 0.717) is 25.1 Å². The Labute approximate surface area is 93.8 Å². The quantitative estimate of drug-likeness (QED) is 0.741. The predicted molar refractivity (Wildman–Crippen MR) is 56.3 cm³/mol. The largest absolute Gasteiger partial charge is 0.295 e. The Kier molecular flexibility index (Phi) is 2.95. The van der Waals surface area contributed by atoms with Crippen LogP contribution in [-0.2, 0) is 18.9 Å². The van der Waals surface area contributed by atoms with Gasteiger partial charge in [0.1, 0.15) is 0 Å². The fourth-order valence-electron chi connectivity index (χ4n) is 2.25. The van der Waals surface area contributed by atoms with Crippen molar-refractivity contribution in [3.63, 3.8) is 0 Å². The van der Waals surface area contributed by atoms with Crippen LogP contribution >= 0.6 is 0 Å². The van der Waals surface area contributed by atoms with Crippen LogP contribution in [0.2, 0.25) is 0 Å². The molecule has 16 heavy (non-hydrogen) atoms. The van der Waals surface area contributed by atoms with Gasteiger partial charge in [-0.1, -0.05) is 18.6 Å². The van der Waals surface area contributed by atoms with Crippen LogP contribution in [0.3, 0.4) is 0 Å². The summed E-state index contributed by atoms with van der Waals surface area (Å²) in [5.41, 5.74) is 0.528. The first-order chi connectivity index (χ1) is 7.57. The molecule has 1 heterocycles. The molecule has 0 spiro atoms. The Morgan fingerprint density at radius 2 is 2.19 bits per heavy atom. The third-order valence-corrected chi connectivity index (χ3v) is 3.37. The molecule has 1 aliphatic carbocycles. The Morgan fingerprint density at radius 1 is 1.44 bits per heavy atom. The molecule has 0 amide bonds. The molecule has 2 rings (SSSR count). The first-order valence-corrected chi connectivity index (χ1v) is 5.88. The van der Waals surface area contributed by atoms with Crippen LogP contribution in [0.1, 0.15) is 44.5 Å². The summed E-state index contributed by atoms with van der Waals surface area (Å²) < 4.78 is 29.7. The molecular weight excluding hydrogens is 212 g/mol. The monoisotopic (exact) mass is 229 g/mol. The first kappa shape index (κ1) is 11.5. The van der Waals surface area contributed by atoms with Gasteiger partial charge < -0.3 is 0 Å². The third kappa shape index (κ3) is 1.72. The van der Waals surface area contributed by atoms with Crippen LogP contribution in [0.5, 0.6) is 0 Å². The summed E-state index contributed by atoms with van der Waals surface area (Å²) in [6.07, 6.45) is 3.02. The van der Waals surface area contributed by atoms with E-state index in [1.807, 2.05) is 6.92 Å². The topological polar surface area (TPSA) is 30.7 Å². The van der Waals surface area contributed by atoms with Gasteiger partial charge in [0, 0.05) is 12.5 Å². The predicted octanol–water partition coefficient (Wildman–Crippen LogP) is 2.75. The molecule has 3 nitrogen and oxygen atoms in total. The van der Waals surface area contributed by atoms with Gasteiger partial charge in [-0.15, -0.1) is 5.10 Å². The van der Waals surface area contributed by atoms with Crippen molar-refractivity contribution in [2.24, 2.45) is 5.92 Å². The fraction of sp³-hybridized carbons (Fsp3) is 0.818. The van der Waals surface area contributed by atoms with Crippen LogP contribution in [0.4, 0.5) is 8.78 Å². The number of alkyl halides is 2. The van der Waals surface area contributed by atoms with Crippen molar-refractivity contribution in [3.8, 4) is 0 Å². The lowest BCUT2D eigenvalue weighted by Crippen LogP contribution is -2.27. The standard InChI is InChI=1S/C11H17F2N3/c1-3-16-9-7-5-4-6-8(2)11(12,13)10(9)14-15-16/h8H,3-7H2,1-2H3. The molecule has 5 heteroatoms. The van der Waals surface area contributed by atoms with Gasteiger partial charge in [0.2, 0.25) is 0 Å². The van der Waals surface area contributed by atoms with E-state index in [-0.39, 0.29) is 5.69 Å². The van der Waals surface area contributed by atoms with Gasteiger partial charge in [-0.05, 0) is 26.2 Å². The Hall–Kier alpha value is -1.00. The molecular formula is C11H17F2N3. The van der Waals surface area contributed by atoms with Gasteiger partial charge in [-0.3, -0.25) is 0 Å². The third-order valence-electron chi connectivity index (χ3n) is 3.37. The summed E-state index contributed by atoms with van der Waals surface area (Å²) in [5.74, 6) is -3.48. The van der Waals surface area contributed by atoms with Gasteiger partial charge in [0.25, 0.3) is 5.92 Å². The molecule has 0 saturated heterocycles. The zero-order valence-corrected chi connectivity index (χ0v) is 9.71. The minimum atomic E-state index is -2.83. The number of fused-ring (bicyclic) bond motifs is 1. The SMILES string of the molecule is CCn1nnc2c1CCCCC(C)C2(F)F. The van der Waals surface area contributed by atoms with E-state index in [1.54, 1.807) is 11.6 Å². The molecule has 0 N–H and O–H groups in total. The highest BCUT2D eigenvalue weighted by Crippen LogP contribution is 2.40. The van der Waals surface area contributed by atoms with Crippen molar-refractivity contribution >= 4 is 0 Å². The molecule has 1 aromatic rings. The second kappa shape index (κ2) is 4.11. The smallest absolute Gasteiger partial charge is 0.249 e. The molecule has 1 aromatic heterocycles. The van der Waals surface area contributed by atoms with Gasteiger partial charge in [0.05, 0.1) is 5.69 Å². The maximum atomic E-state index is 14.1. The number of rotatable bonds is 1. The van der Waals surface area contributed by atoms with Crippen LogP contribution in [-0.4, -0.2) is 15.0 Å². The molecule has 0 saturated carbocycles. The maximum Gasteiger partial charge on any atom is 0.295 e. The van der Waals surface area contributed by atoms with E-state index in [2.05, 4.69) is 10.3 Å². The van der Waals surface area contributed by atoms with Crippen molar-refractivity contribution in [1.82, 2.24) is 15.0 Å². The number of hydrogen-bond donors (Lipinski definition) is 0. The minimum absolute atomic E-state index is 0.0958. The van der Waals surface area contributed by atoms with Crippen LogP contribution in [0, 0.1) is 5.92 Å². The molecule has 0 aromatic carbocycles. The molecule has 1 atom stereocenters. The molecule has 0 aliphatic heterocycles. The summed E-state index contributed by atoms with van der Waals surface area (Å²) in [6.45, 7) is 4.10. The molecule has 90 valence electrons. The Balaban J connectivity index is 2.47. The van der Waals surface area contributed by atoms with Gasteiger partial charge >= 0.3 is 0 Å². The molecule has 1 unspecified atom stereocenters. The highest BCUT2D eigenvalue weighted by atomic mass is 19.3. The summed E-state index contributed by atoms with van der Waals surface area (Å²) in [6, 6.07) is 0. The zero-order valence-electron chi connectivity index (χ0n) is 9.71. The first-order valence-electron chi connectivity index (χ1n) is 5.88. The van der Waals surface area contributed by atoms with E-state index in [9.17, 15) is 8.78 Å². The second-order valence-electron chi connectivity index (χ2n) is 4.47. The molecule has 1 aliphatic rings. The van der Waals surface area contributed by atoms with E-state index in [0.717, 1.165) is 12.8 Å². The molecule has 0 fully saturated rings. The van der Waals surface area contributed by atoms with Crippen molar-refractivity contribution in [2.45, 2.75) is 52.0 Å². The average molecular weight is 229 g/mol. The second-order valence-corrected chi connectivity index (χ2v) is 4.47. The normalized spacial score (nSPS) is 24.6. The number of aryl methyl sites for hydroxylation is 1. The zero-order chi connectivity index (χ0) is 11.8. The average Bonchev–Trinajstić information content (AvgIpc) is 2.65. The van der Waals surface area contributed by atoms with Gasteiger partial charge in [-0.2, -0.15) is 8.78 Å². The Bertz CT molecular complexity index is 373. The van der Waals surface area contributed by atoms with Crippen molar-refractivity contribution in [2.75, 3.05) is 0 Å². The van der Waals surface area contributed by atoms with E-state index in [1.165, 1.54) is 0 Å². The number of nitrogens with zero attached hydrogens (tertiary/aromatic N) is 3. The fourth-order valence-corrected chi connectivity index (χ4v) is 2.25. The highest BCUT2D eigenvalue weighted by Gasteiger charge is 2.44. The number of hydrogen-bond acceptors (Lipinski definition) is 2. The number of halogens is 2. The highest BCUT2D eigenvalue weighted by molar-refractivity contribution is 5.18. The van der Waals surface area contributed by atoms with E-state index < -0.39 is 11.8 Å². The maximum absolute atomic E-state index is 14.1. The van der Waals surface area contributed by atoms with Crippen LogP contribution < -0.4 is 0 Å². The molecule has 0 radical (unpaired) electrons. The summed E-state index contributed by atoms with van der Waals surface area (Å²) in [4.78, 5) is 0. The molecule has 0 bridgehead atoms. The van der Waals surface area contributed by atoms with E-state index >= 15 is 0 Å². The van der Waals surface area contributed by atoms with Crippen molar-refractivity contribution < 1.29 is 8.78 Å². The number of aromatic nitrogens is 3. The summed E-state index contributed by atoms with van der Waals surface area (Å²) >= 11 is 0. The summed E-state index contributed by atoms with van der Waals surface area (Å²) in [7, 11) is 0. The van der Waals surface area contributed by atoms with Crippen LogP contribution in [0.25, 0.3) is 0 Å². The summed E-state index contributed by atoms with van der Waals surface area (Å²) in [5, 5.41) is 7.51. The minimum Gasteiger partial charge on any atom is -0.249 e. The lowest BCUT2D eigenvalue weighted by molar-refractivity contribution is -0.0681. The van der Waals surface area contributed by atoms with Crippen molar-refractivity contribution in [1.29, 1.82) is 0 Å². The Morgan fingerprint density at radius 3 is 2.88 bits per heavy atom.